The average molecular weight is 273 g/mol. The van der Waals surface area contributed by atoms with Crippen LogP contribution in [0.2, 0.25) is 0 Å². The Hall–Kier alpha value is -1.75. The summed E-state index contributed by atoms with van der Waals surface area (Å²) in [5.41, 5.74) is 4.58. The van der Waals surface area contributed by atoms with Gasteiger partial charge < -0.3 is 5.32 Å². The number of nitrogens with zero attached hydrogens (tertiary/aromatic N) is 1. The zero-order valence-corrected chi connectivity index (χ0v) is 11.7. The van der Waals surface area contributed by atoms with Gasteiger partial charge in [0, 0.05) is 11.3 Å². The van der Waals surface area contributed by atoms with Crippen molar-refractivity contribution in [1.29, 1.82) is 0 Å². The number of H-pyrrole nitrogens is 1. The maximum absolute atomic E-state index is 11.7. The van der Waals surface area contributed by atoms with Crippen LogP contribution >= 0.6 is 11.8 Å². The van der Waals surface area contributed by atoms with Crippen LogP contribution in [0.25, 0.3) is 0 Å². The molecule has 1 aromatic heterocycles. The highest BCUT2D eigenvalue weighted by Gasteiger charge is 2.28. The summed E-state index contributed by atoms with van der Waals surface area (Å²) in [7, 11) is 0. The third kappa shape index (κ3) is 2.14. The highest BCUT2D eigenvalue weighted by atomic mass is 32.2. The summed E-state index contributed by atoms with van der Waals surface area (Å²) < 4.78 is 0. The summed E-state index contributed by atoms with van der Waals surface area (Å²) in [5, 5.41) is 10.2. The molecule has 1 aliphatic rings. The number of aromatic amines is 1. The van der Waals surface area contributed by atoms with Crippen molar-refractivity contribution in [3.8, 4) is 0 Å². The maximum atomic E-state index is 11.7. The molecule has 2 N–H and O–H groups in total. The van der Waals surface area contributed by atoms with Crippen LogP contribution in [-0.4, -0.2) is 21.9 Å². The molecule has 0 saturated heterocycles. The van der Waals surface area contributed by atoms with E-state index in [1.54, 1.807) is 11.8 Å². The van der Waals surface area contributed by atoms with Crippen molar-refractivity contribution in [2.45, 2.75) is 19.1 Å². The summed E-state index contributed by atoms with van der Waals surface area (Å²) in [4.78, 5) is 11.7. The lowest BCUT2D eigenvalue weighted by atomic mass is 10.00. The Morgan fingerprint density at radius 1 is 1.32 bits per heavy atom. The molecule has 19 heavy (non-hydrogen) atoms. The van der Waals surface area contributed by atoms with Gasteiger partial charge in [0.15, 0.2) is 5.82 Å². The SMILES string of the molecule is Cc1ccccc1C1SCC(=O)Nc2n[nH]c(C)c21. The summed E-state index contributed by atoms with van der Waals surface area (Å²) >= 11 is 1.65. The van der Waals surface area contributed by atoms with Crippen molar-refractivity contribution in [2.24, 2.45) is 0 Å². The van der Waals surface area contributed by atoms with E-state index in [1.807, 2.05) is 19.1 Å². The first-order chi connectivity index (χ1) is 9.16. The lowest BCUT2D eigenvalue weighted by Gasteiger charge is -2.17. The van der Waals surface area contributed by atoms with Gasteiger partial charge in [-0.1, -0.05) is 24.3 Å². The molecule has 2 aromatic rings. The number of hydrogen-bond acceptors (Lipinski definition) is 3. The molecular weight excluding hydrogens is 258 g/mol. The van der Waals surface area contributed by atoms with Gasteiger partial charge in [-0.25, -0.2) is 0 Å². The predicted octanol–water partition coefficient (Wildman–Crippen LogP) is 2.80. The van der Waals surface area contributed by atoms with E-state index in [0.717, 1.165) is 11.3 Å². The zero-order chi connectivity index (χ0) is 13.4. The van der Waals surface area contributed by atoms with Gasteiger partial charge in [-0.3, -0.25) is 9.89 Å². The number of benzene rings is 1. The standard InChI is InChI=1S/C14H15N3OS/c1-8-5-3-4-6-10(8)13-12-9(2)16-17-14(12)15-11(18)7-19-13/h3-6,13H,7H2,1-2H3,(H2,15,16,17,18). The molecule has 0 fully saturated rings. The molecule has 1 amide bonds. The fraction of sp³-hybridized carbons (Fsp3) is 0.286. The molecule has 2 heterocycles. The van der Waals surface area contributed by atoms with Gasteiger partial charge in [0.25, 0.3) is 0 Å². The van der Waals surface area contributed by atoms with Gasteiger partial charge in [0.1, 0.15) is 0 Å². The molecule has 0 spiro atoms. The van der Waals surface area contributed by atoms with E-state index < -0.39 is 0 Å². The normalized spacial score (nSPS) is 18.6. The van der Waals surface area contributed by atoms with Crippen molar-refractivity contribution in [1.82, 2.24) is 10.2 Å². The molecule has 1 atom stereocenters. The van der Waals surface area contributed by atoms with Crippen molar-refractivity contribution >= 4 is 23.5 Å². The Morgan fingerprint density at radius 3 is 2.89 bits per heavy atom. The van der Waals surface area contributed by atoms with Gasteiger partial charge in [-0.2, -0.15) is 5.10 Å². The number of nitrogens with one attached hydrogen (secondary N) is 2. The maximum Gasteiger partial charge on any atom is 0.235 e. The van der Waals surface area contributed by atoms with Gasteiger partial charge >= 0.3 is 0 Å². The quantitative estimate of drug-likeness (QED) is 0.840. The smallest absolute Gasteiger partial charge is 0.235 e. The molecule has 0 aliphatic carbocycles. The Morgan fingerprint density at radius 2 is 2.11 bits per heavy atom. The van der Waals surface area contributed by atoms with Crippen LogP contribution in [0.1, 0.15) is 27.6 Å². The van der Waals surface area contributed by atoms with Crippen LogP contribution in [0.3, 0.4) is 0 Å². The molecule has 0 saturated carbocycles. The molecule has 1 aliphatic heterocycles. The molecule has 0 bridgehead atoms. The topological polar surface area (TPSA) is 57.8 Å². The number of rotatable bonds is 1. The Labute approximate surface area is 116 Å². The minimum Gasteiger partial charge on any atom is -0.308 e. The second-order valence-electron chi connectivity index (χ2n) is 4.71. The van der Waals surface area contributed by atoms with Crippen molar-refractivity contribution < 1.29 is 4.79 Å². The van der Waals surface area contributed by atoms with E-state index in [-0.39, 0.29) is 11.2 Å². The first-order valence-corrected chi connectivity index (χ1v) is 7.23. The first kappa shape index (κ1) is 12.3. The van der Waals surface area contributed by atoms with Crippen LogP contribution in [0.5, 0.6) is 0 Å². The van der Waals surface area contributed by atoms with E-state index in [2.05, 4.69) is 34.6 Å². The third-order valence-electron chi connectivity index (χ3n) is 3.37. The molecule has 0 radical (unpaired) electrons. The summed E-state index contributed by atoms with van der Waals surface area (Å²) in [5.74, 6) is 1.13. The number of fused-ring (bicyclic) bond motifs is 1. The minimum absolute atomic E-state index is 0.00818. The van der Waals surface area contributed by atoms with Crippen LogP contribution in [0.15, 0.2) is 24.3 Å². The number of hydrogen-bond donors (Lipinski definition) is 2. The average Bonchev–Trinajstić information content (AvgIpc) is 2.65. The van der Waals surface area contributed by atoms with Crippen LogP contribution in [0.4, 0.5) is 5.82 Å². The second kappa shape index (κ2) is 4.74. The lowest BCUT2D eigenvalue weighted by Crippen LogP contribution is -2.12. The highest BCUT2D eigenvalue weighted by molar-refractivity contribution is 8.00. The van der Waals surface area contributed by atoms with Gasteiger partial charge in [0.2, 0.25) is 5.91 Å². The van der Waals surface area contributed by atoms with Crippen LogP contribution in [-0.2, 0) is 4.79 Å². The van der Waals surface area contributed by atoms with Crippen molar-refractivity contribution in [3.05, 3.63) is 46.6 Å². The van der Waals surface area contributed by atoms with Crippen molar-refractivity contribution in [3.63, 3.8) is 0 Å². The Bertz CT molecular complexity index is 635. The number of amides is 1. The van der Waals surface area contributed by atoms with Gasteiger partial charge in [-0.15, -0.1) is 11.8 Å². The molecule has 1 unspecified atom stereocenters. The Kier molecular flexibility index (Phi) is 3.06. The van der Waals surface area contributed by atoms with E-state index in [4.69, 9.17) is 0 Å². The fourth-order valence-corrected chi connectivity index (χ4v) is 3.68. The van der Waals surface area contributed by atoms with E-state index in [0.29, 0.717) is 11.6 Å². The largest absolute Gasteiger partial charge is 0.308 e. The summed E-state index contributed by atoms with van der Waals surface area (Å²) in [6.07, 6.45) is 0. The van der Waals surface area contributed by atoms with E-state index >= 15 is 0 Å². The molecule has 98 valence electrons. The molecule has 1 aromatic carbocycles. The second-order valence-corrected chi connectivity index (χ2v) is 5.80. The minimum atomic E-state index is 0.00818. The van der Waals surface area contributed by atoms with Gasteiger partial charge in [-0.05, 0) is 25.0 Å². The van der Waals surface area contributed by atoms with Gasteiger partial charge in [0.05, 0.1) is 11.0 Å². The predicted molar refractivity (Wildman–Crippen MR) is 77.4 cm³/mol. The van der Waals surface area contributed by atoms with E-state index in [1.165, 1.54) is 11.1 Å². The molecular formula is C14H15N3OS. The third-order valence-corrected chi connectivity index (χ3v) is 4.62. The molecule has 4 nitrogen and oxygen atoms in total. The molecule has 3 rings (SSSR count). The van der Waals surface area contributed by atoms with Crippen LogP contribution < -0.4 is 5.32 Å². The monoisotopic (exact) mass is 273 g/mol. The first-order valence-electron chi connectivity index (χ1n) is 6.18. The number of anilines is 1. The van der Waals surface area contributed by atoms with Crippen molar-refractivity contribution in [2.75, 3.05) is 11.1 Å². The Balaban J connectivity index is 2.14. The van der Waals surface area contributed by atoms with Crippen LogP contribution in [0, 0.1) is 13.8 Å². The fourth-order valence-electron chi connectivity index (χ4n) is 2.39. The summed E-state index contributed by atoms with van der Waals surface area (Å²) in [6.45, 7) is 4.10. The number of carbonyl (C=O) groups is 1. The molecule has 5 heteroatoms. The van der Waals surface area contributed by atoms with E-state index in [9.17, 15) is 4.79 Å². The highest BCUT2D eigenvalue weighted by Crippen LogP contribution is 2.42. The number of aryl methyl sites for hydroxylation is 2. The lowest BCUT2D eigenvalue weighted by molar-refractivity contribution is -0.113. The summed E-state index contributed by atoms with van der Waals surface area (Å²) in [6, 6.07) is 8.30. The number of aromatic nitrogens is 2. The zero-order valence-electron chi connectivity index (χ0n) is 10.9. The number of thioether (sulfide) groups is 1. The number of carbonyl (C=O) groups excluding carboxylic acids is 1.